The van der Waals surface area contributed by atoms with Crippen molar-refractivity contribution >= 4 is 11.4 Å². The molecule has 0 aliphatic heterocycles. The highest BCUT2D eigenvalue weighted by molar-refractivity contribution is 5.96. The first-order valence-corrected chi connectivity index (χ1v) is 10.0. The summed E-state index contributed by atoms with van der Waals surface area (Å²) in [5.41, 5.74) is 10.4. The van der Waals surface area contributed by atoms with Crippen molar-refractivity contribution in [1.82, 2.24) is 14.5 Å². The number of benzene rings is 1. The minimum Gasteiger partial charge on any atom is -0.339 e. The third kappa shape index (κ3) is 3.74. The summed E-state index contributed by atoms with van der Waals surface area (Å²) in [4.78, 5) is 14.9. The molecular formula is C23H25N5O. The molecule has 1 aliphatic carbocycles. The van der Waals surface area contributed by atoms with Gasteiger partial charge >= 0.3 is 0 Å². The lowest BCUT2D eigenvalue weighted by atomic mass is 9.86. The molecule has 0 radical (unpaired) electrons. The number of amides is 1. The van der Waals surface area contributed by atoms with Crippen LogP contribution < -0.4 is 5.73 Å². The molecule has 1 amide bonds. The van der Waals surface area contributed by atoms with Gasteiger partial charge in [0.25, 0.3) is 5.91 Å². The number of carbonyl (C=O) groups is 1. The van der Waals surface area contributed by atoms with Gasteiger partial charge in [-0.15, -0.1) is 0 Å². The van der Waals surface area contributed by atoms with E-state index in [1.807, 2.05) is 60.7 Å². The maximum atomic E-state index is 13.1. The molecule has 148 valence electrons. The van der Waals surface area contributed by atoms with Gasteiger partial charge in [-0.05, 0) is 48.9 Å². The number of aromatic nitrogens is 2. The van der Waals surface area contributed by atoms with Crippen molar-refractivity contribution in [1.29, 1.82) is 5.26 Å². The number of rotatable bonds is 4. The lowest BCUT2D eigenvalue weighted by molar-refractivity contribution is 0.0686. The van der Waals surface area contributed by atoms with Crippen molar-refractivity contribution in [3.63, 3.8) is 0 Å². The van der Waals surface area contributed by atoms with E-state index in [1.54, 1.807) is 4.52 Å². The number of nitrogens with two attached hydrogens (primary N) is 1. The summed E-state index contributed by atoms with van der Waals surface area (Å²) in [5.74, 6) is 0.143. The fourth-order valence-electron chi connectivity index (χ4n) is 4.12. The van der Waals surface area contributed by atoms with Crippen LogP contribution in [0.4, 0.5) is 0 Å². The second-order valence-corrected chi connectivity index (χ2v) is 7.76. The predicted octanol–water partition coefficient (Wildman–Crippen LogP) is 3.61. The molecule has 0 bridgehead atoms. The van der Waals surface area contributed by atoms with Crippen molar-refractivity contribution < 1.29 is 4.79 Å². The zero-order chi connectivity index (χ0) is 20.4. The van der Waals surface area contributed by atoms with Gasteiger partial charge in [0.1, 0.15) is 0 Å². The van der Waals surface area contributed by atoms with Gasteiger partial charge in [-0.1, -0.05) is 24.3 Å². The molecule has 1 saturated carbocycles. The van der Waals surface area contributed by atoms with Crippen LogP contribution in [0.5, 0.6) is 0 Å². The van der Waals surface area contributed by atoms with Crippen molar-refractivity contribution in [2.45, 2.75) is 38.3 Å². The number of hydrogen-bond donors (Lipinski definition) is 1. The Labute approximate surface area is 170 Å². The Morgan fingerprint density at radius 2 is 1.97 bits per heavy atom. The van der Waals surface area contributed by atoms with E-state index in [4.69, 9.17) is 11.0 Å². The van der Waals surface area contributed by atoms with Crippen molar-refractivity contribution in [2.75, 3.05) is 7.05 Å². The van der Waals surface area contributed by atoms with E-state index in [9.17, 15) is 4.79 Å². The smallest absolute Gasteiger partial charge is 0.253 e. The molecule has 6 nitrogen and oxygen atoms in total. The molecule has 1 aliphatic rings. The molecule has 4 rings (SSSR count). The monoisotopic (exact) mass is 387 g/mol. The highest BCUT2D eigenvalue weighted by atomic mass is 16.2. The number of hydrogen-bond acceptors (Lipinski definition) is 4. The average Bonchev–Trinajstić information content (AvgIpc) is 3.21. The minimum atomic E-state index is 0.0125. The molecule has 0 unspecified atom stereocenters. The minimum absolute atomic E-state index is 0.0125. The van der Waals surface area contributed by atoms with E-state index in [0.717, 1.165) is 47.9 Å². The molecule has 0 saturated heterocycles. The summed E-state index contributed by atoms with van der Waals surface area (Å²) >= 11 is 0. The molecule has 29 heavy (non-hydrogen) atoms. The third-order valence-electron chi connectivity index (χ3n) is 6.02. The molecular weight excluding hydrogens is 362 g/mol. The normalized spacial score (nSPS) is 19.1. The van der Waals surface area contributed by atoms with E-state index in [1.165, 1.54) is 0 Å². The molecule has 1 aromatic carbocycles. The lowest BCUT2D eigenvalue weighted by Crippen LogP contribution is -2.39. The van der Waals surface area contributed by atoms with Crippen LogP contribution in [0.15, 0.2) is 48.8 Å². The Kier molecular flexibility index (Phi) is 5.32. The summed E-state index contributed by atoms with van der Waals surface area (Å²) in [6.07, 6.45) is 7.16. The Bertz CT molecular complexity index is 1060. The van der Waals surface area contributed by atoms with Crippen LogP contribution in [0.25, 0.3) is 16.6 Å². The van der Waals surface area contributed by atoms with Gasteiger partial charge < -0.3 is 10.6 Å². The Morgan fingerprint density at radius 1 is 1.24 bits per heavy atom. The average molecular weight is 387 g/mol. The highest BCUT2D eigenvalue weighted by Crippen LogP contribution is 2.29. The molecule has 0 spiro atoms. The van der Waals surface area contributed by atoms with Crippen LogP contribution >= 0.6 is 0 Å². The van der Waals surface area contributed by atoms with Crippen molar-refractivity contribution in [2.24, 2.45) is 11.7 Å². The largest absolute Gasteiger partial charge is 0.339 e. The molecule has 3 aromatic rings. The van der Waals surface area contributed by atoms with Gasteiger partial charge in [-0.3, -0.25) is 4.79 Å². The summed E-state index contributed by atoms with van der Waals surface area (Å²) in [6.45, 7) is 0.510. The van der Waals surface area contributed by atoms with Gasteiger partial charge in [0.05, 0.1) is 17.8 Å². The standard InChI is InChI=1S/C23H25N5O/c1-27(20-8-4-17(14-25)5-9-20)23(29)19-10-11-28-22(12-19)21(15-26-28)18-6-2-16(13-24)3-7-18/h2-3,6-7,10-12,15,17,20H,4-5,8-9,13,24H2,1H3. The van der Waals surface area contributed by atoms with E-state index in [-0.39, 0.29) is 17.9 Å². The van der Waals surface area contributed by atoms with Crippen LogP contribution in [0.1, 0.15) is 41.6 Å². The van der Waals surface area contributed by atoms with E-state index >= 15 is 0 Å². The zero-order valence-corrected chi connectivity index (χ0v) is 16.6. The van der Waals surface area contributed by atoms with Gasteiger partial charge in [0, 0.05) is 42.9 Å². The maximum Gasteiger partial charge on any atom is 0.253 e. The summed E-state index contributed by atoms with van der Waals surface area (Å²) < 4.78 is 1.79. The topological polar surface area (TPSA) is 87.4 Å². The second kappa shape index (κ2) is 8.06. The number of nitriles is 1. The number of nitrogens with zero attached hydrogens (tertiary/aromatic N) is 4. The quantitative estimate of drug-likeness (QED) is 0.741. The fraction of sp³-hybridized carbons (Fsp3) is 0.348. The Morgan fingerprint density at radius 3 is 2.62 bits per heavy atom. The van der Waals surface area contributed by atoms with Crippen LogP contribution in [0.3, 0.4) is 0 Å². The molecule has 1 fully saturated rings. The van der Waals surface area contributed by atoms with Crippen LogP contribution in [-0.4, -0.2) is 33.5 Å². The van der Waals surface area contributed by atoms with E-state index in [2.05, 4.69) is 11.2 Å². The first-order valence-electron chi connectivity index (χ1n) is 10.0. The maximum absolute atomic E-state index is 13.1. The van der Waals surface area contributed by atoms with E-state index in [0.29, 0.717) is 12.1 Å². The van der Waals surface area contributed by atoms with Crippen LogP contribution in [0.2, 0.25) is 0 Å². The fourth-order valence-corrected chi connectivity index (χ4v) is 4.12. The lowest BCUT2D eigenvalue weighted by Gasteiger charge is -2.32. The first kappa shape index (κ1) is 19.2. The summed E-state index contributed by atoms with van der Waals surface area (Å²) in [6, 6.07) is 14.4. The number of carbonyl (C=O) groups excluding carboxylic acids is 1. The predicted molar refractivity (Wildman–Crippen MR) is 112 cm³/mol. The molecule has 2 N–H and O–H groups in total. The first-order chi connectivity index (χ1) is 14.1. The van der Waals surface area contributed by atoms with Gasteiger partial charge in [-0.2, -0.15) is 10.4 Å². The number of pyridine rings is 1. The summed E-state index contributed by atoms with van der Waals surface area (Å²) in [5, 5.41) is 13.5. The third-order valence-corrected chi connectivity index (χ3v) is 6.02. The Hall–Kier alpha value is -3.17. The zero-order valence-electron chi connectivity index (χ0n) is 16.6. The van der Waals surface area contributed by atoms with Crippen LogP contribution in [-0.2, 0) is 6.54 Å². The summed E-state index contributed by atoms with van der Waals surface area (Å²) in [7, 11) is 1.87. The van der Waals surface area contributed by atoms with Gasteiger partial charge in [-0.25, -0.2) is 4.52 Å². The van der Waals surface area contributed by atoms with E-state index < -0.39 is 0 Å². The molecule has 6 heteroatoms. The SMILES string of the molecule is CN(C(=O)c1ccn2ncc(-c3ccc(CN)cc3)c2c1)C1CCC(C#N)CC1. The van der Waals surface area contributed by atoms with Gasteiger partial charge in [0.15, 0.2) is 0 Å². The van der Waals surface area contributed by atoms with Gasteiger partial charge in [0.2, 0.25) is 0 Å². The van der Waals surface area contributed by atoms with Crippen LogP contribution in [0, 0.1) is 17.2 Å². The second-order valence-electron chi connectivity index (χ2n) is 7.76. The molecule has 0 atom stereocenters. The highest BCUT2D eigenvalue weighted by Gasteiger charge is 2.27. The molecule has 2 aromatic heterocycles. The van der Waals surface area contributed by atoms with Crippen molar-refractivity contribution in [3.8, 4) is 17.2 Å². The number of fused-ring (bicyclic) bond motifs is 1. The van der Waals surface area contributed by atoms with Crippen molar-refractivity contribution in [3.05, 3.63) is 59.9 Å². The Balaban J connectivity index is 1.59. The molecule has 2 heterocycles.